The van der Waals surface area contributed by atoms with E-state index in [0.29, 0.717) is 22.7 Å². The first kappa shape index (κ1) is 18.6. The van der Waals surface area contributed by atoms with Crippen molar-refractivity contribution in [1.82, 2.24) is 10.9 Å². The van der Waals surface area contributed by atoms with Gasteiger partial charge >= 0.3 is 6.03 Å². The van der Waals surface area contributed by atoms with Crippen LogP contribution >= 0.6 is 0 Å². The third kappa shape index (κ3) is 4.64. The number of carbonyl (C=O) groups is 2. The molecule has 0 aliphatic rings. The van der Waals surface area contributed by atoms with Crippen LogP contribution in [-0.2, 0) is 4.79 Å². The molecule has 0 bridgehead atoms. The maximum Gasteiger partial charge on any atom is 0.337 e. The van der Waals surface area contributed by atoms with Gasteiger partial charge < -0.3 is 14.8 Å². The lowest BCUT2D eigenvalue weighted by Gasteiger charge is -2.14. The van der Waals surface area contributed by atoms with E-state index in [-0.39, 0.29) is 0 Å². The Morgan fingerprint density at radius 2 is 1.69 bits per heavy atom. The van der Waals surface area contributed by atoms with Crippen LogP contribution in [0.15, 0.2) is 48.5 Å². The van der Waals surface area contributed by atoms with Crippen molar-refractivity contribution < 1.29 is 19.1 Å². The zero-order valence-corrected chi connectivity index (χ0v) is 14.3. The summed E-state index contributed by atoms with van der Waals surface area (Å²) in [5.74, 6) is -0.934. The van der Waals surface area contributed by atoms with Gasteiger partial charge in [0, 0.05) is 5.69 Å². The van der Waals surface area contributed by atoms with Gasteiger partial charge in [-0.1, -0.05) is 24.3 Å². The molecule has 2 rings (SSSR count). The van der Waals surface area contributed by atoms with Crippen LogP contribution in [0.25, 0.3) is 0 Å². The molecule has 1 unspecified atom stereocenters. The first-order valence-electron chi connectivity index (χ1n) is 7.62. The van der Waals surface area contributed by atoms with E-state index in [2.05, 4.69) is 16.2 Å². The van der Waals surface area contributed by atoms with Gasteiger partial charge in [-0.3, -0.25) is 10.2 Å². The fraction of sp³-hybridized carbons (Fsp3) is 0.167. The number of hydrazine groups is 1. The quantitative estimate of drug-likeness (QED) is 0.712. The minimum absolute atomic E-state index is 0.396. The van der Waals surface area contributed by atoms with Crippen LogP contribution < -0.4 is 25.6 Å². The maximum absolute atomic E-state index is 12.2. The normalized spacial score (nSPS) is 10.8. The van der Waals surface area contributed by atoms with Crippen molar-refractivity contribution in [2.45, 2.75) is 5.92 Å². The highest BCUT2D eigenvalue weighted by Gasteiger charge is 2.22. The predicted molar refractivity (Wildman–Crippen MR) is 94.6 cm³/mol. The number of amides is 3. The van der Waals surface area contributed by atoms with Gasteiger partial charge in [0.05, 0.1) is 20.3 Å². The highest BCUT2D eigenvalue weighted by Crippen LogP contribution is 2.30. The number of nitrogens with zero attached hydrogens (tertiary/aromatic N) is 1. The first-order chi connectivity index (χ1) is 12.6. The molecular weight excluding hydrogens is 336 g/mol. The fourth-order valence-corrected chi connectivity index (χ4v) is 2.19. The van der Waals surface area contributed by atoms with Gasteiger partial charge in [0.1, 0.15) is 0 Å². The van der Waals surface area contributed by atoms with Gasteiger partial charge in [0.2, 0.25) is 0 Å². The molecule has 26 heavy (non-hydrogen) atoms. The molecule has 0 heterocycles. The molecule has 3 N–H and O–H groups in total. The van der Waals surface area contributed by atoms with E-state index in [1.807, 2.05) is 12.1 Å². The van der Waals surface area contributed by atoms with Gasteiger partial charge in [-0.2, -0.15) is 5.26 Å². The lowest BCUT2D eigenvalue weighted by Crippen LogP contribution is -2.45. The minimum Gasteiger partial charge on any atom is -0.493 e. The summed E-state index contributed by atoms with van der Waals surface area (Å²) in [4.78, 5) is 24.0. The number of hydrogen-bond donors (Lipinski definition) is 3. The molecule has 0 saturated carbocycles. The molecule has 8 nitrogen and oxygen atoms in total. The number of nitrogens with one attached hydrogen (secondary N) is 3. The van der Waals surface area contributed by atoms with Crippen LogP contribution in [0.3, 0.4) is 0 Å². The van der Waals surface area contributed by atoms with Crippen molar-refractivity contribution in [3.8, 4) is 17.6 Å². The molecule has 134 valence electrons. The minimum atomic E-state index is -1.13. The van der Waals surface area contributed by atoms with E-state index in [0.717, 1.165) is 0 Å². The molecule has 2 aromatic carbocycles. The second kappa shape index (κ2) is 8.94. The van der Waals surface area contributed by atoms with Crippen molar-refractivity contribution in [2.75, 3.05) is 19.5 Å². The highest BCUT2D eigenvalue weighted by molar-refractivity contribution is 5.93. The van der Waals surface area contributed by atoms with Gasteiger partial charge in [-0.15, -0.1) is 0 Å². The highest BCUT2D eigenvalue weighted by atomic mass is 16.5. The zero-order valence-electron chi connectivity index (χ0n) is 14.3. The summed E-state index contributed by atoms with van der Waals surface area (Å²) in [6.45, 7) is 0. The Kier molecular flexibility index (Phi) is 6.40. The molecular formula is C18H18N4O4. The van der Waals surface area contributed by atoms with Crippen LogP contribution in [-0.4, -0.2) is 26.2 Å². The zero-order chi connectivity index (χ0) is 18.9. The number of urea groups is 1. The Balaban J connectivity index is 2.00. The van der Waals surface area contributed by atoms with Crippen molar-refractivity contribution >= 4 is 17.6 Å². The van der Waals surface area contributed by atoms with E-state index in [9.17, 15) is 14.9 Å². The summed E-state index contributed by atoms with van der Waals surface area (Å²) in [6, 6.07) is 14.7. The molecule has 8 heteroatoms. The second-order valence-corrected chi connectivity index (χ2v) is 5.11. The molecule has 0 spiro atoms. The maximum atomic E-state index is 12.2. The van der Waals surface area contributed by atoms with Crippen LogP contribution in [0.5, 0.6) is 11.5 Å². The lowest BCUT2D eigenvalue weighted by atomic mass is 9.99. The van der Waals surface area contributed by atoms with Gasteiger partial charge in [0.15, 0.2) is 17.4 Å². The average Bonchev–Trinajstić information content (AvgIpc) is 2.67. The number of rotatable bonds is 5. The Morgan fingerprint density at radius 3 is 2.31 bits per heavy atom. The molecule has 0 radical (unpaired) electrons. The summed E-state index contributed by atoms with van der Waals surface area (Å²) in [5.41, 5.74) is 5.41. The number of anilines is 1. The molecule has 0 aromatic heterocycles. The second-order valence-electron chi connectivity index (χ2n) is 5.11. The van der Waals surface area contributed by atoms with Gasteiger partial charge in [-0.05, 0) is 29.8 Å². The number of benzene rings is 2. The average molecular weight is 354 g/mol. The van der Waals surface area contributed by atoms with Crippen molar-refractivity contribution in [2.24, 2.45) is 0 Å². The standard InChI is InChI=1S/C18H18N4O4/c1-25-15-9-8-12(10-16(15)26-2)14(11-19)17(23)21-22-18(24)20-13-6-4-3-5-7-13/h3-10,14H,1-2H3,(H,21,23)(H2,20,22,24). The topological polar surface area (TPSA) is 112 Å². The van der Waals surface area contributed by atoms with E-state index in [1.54, 1.807) is 36.4 Å². The SMILES string of the molecule is COc1ccc(C(C#N)C(=O)NNC(=O)Nc2ccccc2)cc1OC. The summed E-state index contributed by atoms with van der Waals surface area (Å²) in [6.07, 6.45) is 0. The number of carbonyl (C=O) groups excluding carboxylic acids is 2. The number of hydrogen-bond acceptors (Lipinski definition) is 5. The summed E-state index contributed by atoms with van der Waals surface area (Å²) in [7, 11) is 2.94. The van der Waals surface area contributed by atoms with E-state index in [4.69, 9.17) is 9.47 Å². The summed E-state index contributed by atoms with van der Waals surface area (Å²) >= 11 is 0. The Hall–Kier alpha value is -3.73. The van der Waals surface area contributed by atoms with Crippen LogP contribution in [0, 0.1) is 11.3 Å². The molecule has 3 amide bonds. The third-order valence-electron chi connectivity index (χ3n) is 3.46. The van der Waals surface area contributed by atoms with Crippen molar-refractivity contribution in [1.29, 1.82) is 5.26 Å². The number of ether oxygens (including phenoxy) is 2. The lowest BCUT2D eigenvalue weighted by molar-refractivity contribution is -0.122. The van der Waals surface area contributed by atoms with Crippen molar-refractivity contribution in [3.63, 3.8) is 0 Å². The monoisotopic (exact) mass is 354 g/mol. The molecule has 0 aliphatic heterocycles. The summed E-state index contributed by atoms with van der Waals surface area (Å²) in [5, 5.41) is 11.9. The molecule has 1 atom stereocenters. The fourth-order valence-electron chi connectivity index (χ4n) is 2.19. The number of methoxy groups -OCH3 is 2. The molecule has 0 fully saturated rings. The Labute approximate surface area is 150 Å². The molecule has 2 aromatic rings. The summed E-state index contributed by atoms with van der Waals surface area (Å²) < 4.78 is 10.3. The smallest absolute Gasteiger partial charge is 0.337 e. The van der Waals surface area contributed by atoms with Crippen LogP contribution in [0.2, 0.25) is 0 Å². The largest absolute Gasteiger partial charge is 0.493 e. The number of para-hydroxylation sites is 1. The van der Waals surface area contributed by atoms with E-state index >= 15 is 0 Å². The van der Waals surface area contributed by atoms with E-state index in [1.165, 1.54) is 20.3 Å². The van der Waals surface area contributed by atoms with Crippen molar-refractivity contribution in [3.05, 3.63) is 54.1 Å². The third-order valence-corrected chi connectivity index (χ3v) is 3.46. The Morgan fingerprint density at radius 1 is 1.00 bits per heavy atom. The number of nitriles is 1. The molecule has 0 aliphatic carbocycles. The van der Waals surface area contributed by atoms with Crippen LogP contribution in [0.1, 0.15) is 11.5 Å². The predicted octanol–water partition coefficient (Wildman–Crippen LogP) is 2.16. The Bertz CT molecular complexity index is 818. The van der Waals surface area contributed by atoms with E-state index < -0.39 is 17.9 Å². The van der Waals surface area contributed by atoms with Gasteiger partial charge in [0.25, 0.3) is 5.91 Å². The van der Waals surface area contributed by atoms with Gasteiger partial charge in [-0.25, -0.2) is 10.2 Å². The van der Waals surface area contributed by atoms with Crippen LogP contribution in [0.4, 0.5) is 10.5 Å². The first-order valence-corrected chi connectivity index (χ1v) is 7.62. The molecule has 0 saturated heterocycles.